The normalized spacial score (nSPS) is 16.1. The highest BCUT2D eigenvalue weighted by Gasteiger charge is 2.47. The van der Waals surface area contributed by atoms with E-state index < -0.39 is 7.14 Å². The van der Waals surface area contributed by atoms with Gasteiger partial charge in [-0.1, -0.05) is 103 Å². The van der Waals surface area contributed by atoms with E-state index in [9.17, 15) is 0 Å². The smallest absolute Gasteiger partial charge is 0.185 e. The van der Waals surface area contributed by atoms with Crippen LogP contribution in [0.4, 0.5) is 0 Å². The molecule has 0 spiro atoms. The Kier molecular flexibility index (Phi) is 5.10. The minimum Gasteiger partial charge on any atom is -0.456 e. The molecule has 1 atom stereocenters. The summed E-state index contributed by atoms with van der Waals surface area (Å²) in [6.45, 7) is 0. The van der Waals surface area contributed by atoms with Gasteiger partial charge in [0.25, 0.3) is 0 Å². The second-order valence-electron chi connectivity index (χ2n) is 10.1. The standard InChI is InChI=1S/C36H23O3P/c37-40-33-22-27(24-10-4-1-5-11-24)16-19-30(33)38-32-21-18-29(26-14-8-3-9-15-26)35(36(32)40)39-31-20-17-28(23-34(31)40)25-12-6-2-7-13-25/h1-23H. The second-order valence-corrected chi connectivity index (χ2v) is 12.7. The molecule has 2 aliphatic rings. The van der Waals surface area contributed by atoms with Crippen LogP contribution >= 0.6 is 7.14 Å². The van der Waals surface area contributed by atoms with Crippen molar-refractivity contribution in [2.45, 2.75) is 0 Å². The van der Waals surface area contributed by atoms with Gasteiger partial charge in [0.2, 0.25) is 0 Å². The highest BCUT2D eigenvalue weighted by atomic mass is 31.2. The number of hydrogen-bond acceptors (Lipinski definition) is 3. The fourth-order valence-electron chi connectivity index (χ4n) is 5.80. The lowest BCUT2D eigenvalue weighted by Gasteiger charge is -2.36. The molecule has 0 radical (unpaired) electrons. The number of benzene rings is 6. The van der Waals surface area contributed by atoms with Crippen LogP contribution in [0.3, 0.4) is 0 Å². The first-order valence-electron chi connectivity index (χ1n) is 13.3. The molecule has 0 bridgehead atoms. The summed E-state index contributed by atoms with van der Waals surface area (Å²) < 4.78 is 29.0. The van der Waals surface area contributed by atoms with Crippen molar-refractivity contribution in [2.75, 3.05) is 0 Å². The van der Waals surface area contributed by atoms with E-state index in [1.165, 1.54) is 0 Å². The lowest BCUT2D eigenvalue weighted by Crippen LogP contribution is -2.35. The van der Waals surface area contributed by atoms with E-state index in [-0.39, 0.29) is 0 Å². The van der Waals surface area contributed by atoms with Gasteiger partial charge in [0.15, 0.2) is 7.14 Å². The van der Waals surface area contributed by atoms with Crippen molar-refractivity contribution in [3.63, 3.8) is 0 Å². The molecular formula is C36H23O3P. The molecule has 0 saturated heterocycles. The van der Waals surface area contributed by atoms with Crippen LogP contribution in [0.1, 0.15) is 0 Å². The first-order chi connectivity index (χ1) is 19.7. The van der Waals surface area contributed by atoms with Crippen molar-refractivity contribution in [3.05, 3.63) is 140 Å². The van der Waals surface area contributed by atoms with Gasteiger partial charge < -0.3 is 14.0 Å². The molecule has 2 heterocycles. The third kappa shape index (κ3) is 3.42. The maximum atomic E-state index is 15.9. The fourth-order valence-corrected chi connectivity index (χ4v) is 8.93. The van der Waals surface area contributed by atoms with Crippen molar-refractivity contribution in [1.29, 1.82) is 0 Å². The van der Waals surface area contributed by atoms with E-state index in [1.54, 1.807) is 0 Å². The molecule has 0 N–H and O–H groups in total. The zero-order chi connectivity index (χ0) is 26.7. The minimum absolute atomic E-state index is 0.578. The van der Waals surface area contributed by atoms with Crippen LogP contribution in [-0.2, 0) is 4.57 Å². The van der Waals surface area contributed by atoms with Crippen molar-refractivity contribution >= 4 is 23.1 Å². The lowest BCUT2D eigenvalue weighted by molar-refractivity contribution is 0.463. The van der Waals surface area contributed by atoms with Gasteiger partial charge in [0.1, 0.15) is 28.3 Å². The summed E-state index contributed by atoms with van der Waals surface area (Å²) in [5, 5.41) is 2.02. The minimum atomic E-state index is -3.41. The highest BCUT2D eigenvalue weighted by Crippen LogP contribution is 2.60. The van der Waals surface area contributed by atoms with E-state index in [2.05, 4.69) is 24.3 Å². The van der Waals surface area contributed by atoms with Gasteiger partial charge in [0, 0.05) is 5.56 Å². The van der Waals surface area contributed by atoms with Crippen molar-refractivity contribution in [3.8, 4) is 56.4 Å². The van der Waals surface area contributed by atoms with Crippen LogP contribution in [0.25, 0.3) is 33.4 Å². The summed E-state index contributed by atoms with van der Waals surface area (Å²) in [6, 6.07) is 46.4. The van der Waals surface area contributed by atoms with Gasteiger partial charge in [-0.05, 0) is 64.2 Å². The molecule has 8 rings (SSSR count). The molecule has 2 aliphatic heterocycles. The van der Waals surface area contributed by atoms with E-state index >= 15 is 4.57 Å². The summed E-state index contributed by atoms with van der Waals surface area (Å²) in [6.07, 6.45) is 0. The number of ether oxygens (including phenoxy) is 2. The molecule has 0 fully saturated rings. The van der Waals surface area contributed by atoms with Crippen molar-refractivity contribution in [2.24, 2.45) is 0 Å². The summed E-state index contributed by atoms with van der Waals surface area (Å²) in [4.78, 5) is 0. The van der Waals surface area contributed by atoms with E-state index in [1.807, 2.05) is 115 Å². The monoisotopic (exact) mass is 534 g/mol. The third-order valence-corrected chi connectivity index (χ3v) is 10.8. The van der Waals surface area contributed by atoms with Crippen LogP contribution in [0.5, 0.6) is 23.0 Å². The summed E-state index contributed by atoms with van der Waals surface area (Å²) >= 11 is 0. The lowest BCUT2D eigenvalue weighted by atomic mass is 10.0. The molecule has 0 saturated carbocycles. The van der Waals surface area contributed by atoms with E-state index in [0.29, 0.717) is 38.9 Å². The molecule has 4 heteroatoms. The number of hydrogen-bond donors (Lipinski definition) is 0. The first kappa shape index (κ1) is 23.1. The Morgan fingerprint density at radius 3 is 1.45 bits per heavy atom. The van der Waals surface area contributed by atoms with Crippen LogP contribution in [0, 0.1) is 0 Å². The summed E-state index contributed by atoms with van der Waals surface area (Å²) in [5.74, 6) is 2.41. The Bertz CT molecular complexity index is 1910. The van der Waals surface area contributed by atoms with E-state index in [4.69, 9.17) is 9.47 Å². The quantitative estimate of drug-likeness (QED) is 0.213. The van der Waals surface area contributed by atoms with Crippen LogP contribution in [0.2, 0.25) is 0 Å². The van der Waals surface area contributed by atoms with Gasteiger partial charge in [-0.15, -0.1) is 0 Å². The average Bonchev–Trinajstić information content (AvgIpc) is 3.02. The van der Waals surface area contributed by atoms with Gasteiger partial charge in [-0.2, -0.15) is 0 Å². The Labute approximate surface area is 232 Å². The van der Waals surface area contributed by atoms with Crippen molar-refractivity contribution < 1.29 is 14.0 Å². The van der Waals surface area contributed by atoms with Gasteiger partial charge in [-0.25, -0.2) is 0 Å². The summed E-state index contributed by atoms with van der Waals surface area (Å²) in [5.41, 5.74) is 6.01. The Morgan fingerprint density at radius 1 is 0.425 bits per heavy atom. The Morgan fingerprint density at radius 2 is 0.900 bits per heavy atom. The highest BCUT2D eigenvalue weighted by molar-refractivity contribution is 7.86. The molecule has 40 heavy (non-hydrogen) atoms. The van der Waals surface area contributed by atoms with E-state index in [0.717, 1.165) is 33.4 Å². The first-order valence-corrected chi connectivity index (χ1v) is 15.0. The van der Waals surface area contributed by atoms with Crippen LogP contribution in [-0.4, -0.2) is 0 Å². The van der Waals surface area contributed by atoms with Crippen molar-refractivity contribution in [1.82, 2.24) is 0 Å². The third-order valence-electron chi connectivity index (χ3n) is 7.74. The molecule has 6 aromatic carbocycles. The SMILES string of the molecule is O=P12c3cc(-c4ccccc4)ccc3Oc3ccc(-c4ccccc4)c(c31)Oc1ccc(-c3ccccc3)cc12. The summed E-state index contributed by atoms with van der Waals surface area (Å²) in [7, 11) is -3.41. The maximum absolute atomic E-state index is 15.9. The average molecular weight is 535 g/mol. The predicted octanol–water partition coefficient (Wildman–Crippen LogP) is 8.54. The molecule has 0 aliphatic carbocycles. The number of rotatable bonds is 3. The molecule has 6 aromatic rings. The second kappa shape index (κ2) is 8.84. The van der Waals surface area contributed by atoms with Gasteiger partial charge in [-0.3, -0.25) is 0 Å². The maximum Gasteiger partial charge on any atom is 0.185 e. The fraction of sp³-hybridized carbons (Fsp3) is 0. The van der Waals surface area contributed by atoms with Gasteiger partial charge in [0.05, 0.1) is 10.6 Å². The molecule has 1 unspecified atom stereocenters. The van der Waals surface area contributed by atoms with Crippen LogP contribution < -0.4 is 25.4 Å². The largest absolute Gasteiger partial charge is 0.456 e. The number of fused-ring (bicyclic) bond motifs is 4. The van der Waals surface area contributed by atoms with Gasteiger partial charge >= 0.3 is 0 Å². The zero-order valence-corrected chi connectivity index (χ0v) is 22.3. The predicted molar refractivity (Wildman–Crippen MR) is 162 cm³/mol. The molecule has 3 nitrogen and oxygen atoms in total. The molecule has 190 valence electrons. The molecular weight excluding hydrogens is 511 g/mol. The Hall–Kier alpha value is -4.85. The zero-order valence-electron chi connectivity index (χ0n) is 21.5. The molecule has 0 aromatic heterocycles. The topological polar surface area (TPSA) is 35.5 Å². The van der Waals surface area contributed by atoms with Crippen LogP contribution in [0.15, 0.2) is 140 Å². The Balaban J connectivity index is 1.43. The molecule has 0 amide bonds.